The second-order valence-electron chi connectivity index (χ2n) is 4.42. The summed E-state index contributed by atoms with van der Waals surface area (Å²) >= 11 is 3.27. The van der Waals surface area contributed by atoms with E-state index in [9.17, 15) is 19.3 Å². The predicted octanol–water partition coefficient (Wildman–Crippen LogP) is 3.03. The molecule has 0 aliphatic rings. The van der Waals surface area contributed by atoms with Crippen LogP contribution in [-0.2, 0) is 0 Å². The van der Waals surface area contributed by atoms with Crippen molar-refractivity contribution in [3.63, 3.8) is 0 Å². The quantitative estimate of drug-likeness (QED) is 0.511. The highest BCUT2D eigenvalue weighted by molar-refractivity contribution is 9.09. The van der Waals surface area contributed by atoms with Gasteiger partial charge in [-0.2, -0.15) is 0 Å². The van der Waals surface area contributed by atoms with E-state index < -0.39 is 27.9 Å². The number of carbonyl (C=O) groups excluding carboxylic acids is 1. The van der Waals surface area contributed by atoms with E-state index >= 15 is 0 Å². The number of rotatable bonds is 5. The predicted molar refractivity (Wildman–Crippen MR) is 73.0 cm³/mol. The highest BCUT2D eigenvalue weighted by Crippen LogP contribution is 2.21. The molecule has 19 heavy (non-hydrogen) atoms. The first-order chi connectivity index (χ1) is 8.83. The maximum atomic E-state index is 13.2. The van der Waals surface area contributed by atoms with Gasteiger partial charge in [0.1, 0.15) is 11.4 Å². The first kappa shape index (κ1) is 15.6. The molecule has 5 nitrogen and oxygen atoms in total. The molecule has 0 spiro atoms. The Morgan fingerprint density at radius 3 is 2.68 bits per heavy atom. The van der Waals surface area contributed by atoms with E-state index in [1.165, 1.54) is 0 Å². The van der Waals surface area contributed by atoms with Crippen LogP contribution < -0.4 is 5.32 Å². The maximum Gasteiger partial charge on any atom is 0.282 e. The summed E-state index contributed by atoms with van der Waals surface area (Å²) in [4.78, 5) is 22.2. The second-order valence-corrected chi connectivity index (χ2v) is 4.98. The number of benzene rings is 1. The van der Waals surface area contributed by atoms with Crippen molar-refractivity contribution in [2.24, 2.45) is 0 Å². The molecule has 0 aliphatic carbocycles. The zero-order valence-corrected chi connectivity index (χ0v) is 12.2. The van der Waals surface area contributed by atoms with Gasteiger partial charge in [0.2, 0.25) is 0 Å². The highest BCUT2D eigenvalue weighted by Gasteiger charge is 2.27. The topological polar surface area (TPSA) is 72.2 Å². The molecule has 0 radical (unpaired) electrons. The molecule has 1 aromatic rings. The zero-order chi connectivity index (χ0) is 14.6. The van der Waals surface area contributed by atoms with E-state index in [0.29, 0.717) is 11.8 Å². The molecule has 1 amide bonds. The van der Waals surface area contributed by atoms with E-state index in [1.807, 2.05) is 6.92 Å². The number of carbonyl (C=O) groups is 1. The van der Waals surface area contributed by atoms with Gasteiger partial charge in [0.05, 0.1) is 4.92 Å². The largest absolute Gasteiger partial charge is 0.346 e. The zero-order valence-electron chi connectivity index (χ0n) is 10.6. The lowest BCUT2D eigenvalue weighted by Crippen LogP contribution is -2.47. The Labute approximate surface area is 118 Å². The van der Waals surface area contributed by atoms with Crippen molar-refractivity contribution in [2.75, 3.05) is 5.33 Å². The standard InChI is InChI=1S/C12H14BrFN2O3/c1-3-12(2,7-13)15-11(17)9-6-8(14)4-5-10(9)16(18)19/h4-6H,3,7H2,1-2H3,(H,15,17). The molecule has 0 heterocycles. The first-order valence-corrected chi connectivity index (χ1v) is 6.77. The van der Waals surface area contributed by atoms with Crippen molar-refractivity contribution >= 4 is 27.5 Å². The van der Waals surface area contributed by atoms with Crippen LogP contribution in [0.1, 0.15) is 30.6 Å². The van der Waals surface area contributed by atoms with Crippen LogP contribution in [0, 0.1) is 15.9 Å². The van der Waals surface area contributed by atoms with E-state index in [4.69, 9.17) is 0 Å². The fraction of sp³-hybridized carbons (Fsp3) is 0.417. The van der Waals surface area contributed by atoms with Gasteiger partial charge in [0.25, 0.3) is 11.6 Å². The van der Waals surface area contributed by atoms with Crippen LogP contribution in [0.3, 0.4) is 0 Å². The number of amides is 1. The van der Waals surface area contributed by atoms with Gasteiger partial charge in [0.15, 0.2) is 0 Å². The van der Waals surface area contributed by atoms with Crippen molar-refractivity contribution in [2.45, 2.75) is 25.8 Å². The van der Waals surface area contributed by atoms with Crippen LogP contribution in [0.5, 0.6) is 0 Å². The Morgan fingerprint density at radius 1 is 1.58 bits per heavy atom. The number of hydrogen-bond donors (Lipinski definition) is 1. The molecule has 0 saturated carbocycles. The van der Waals surface area contributed by atoms with Gasteiger partial charge < -0.3 is 5.32 Å². The molecule has 0 aromatic heterocycles. The summed E-state index contributed by atoms with van der Waals surface area (Å²) in [5.41, 5.74) is -1.23. The number of nitro benzene ring substituents is 1. The van der Waals surface area contributed by atoms with E-state index in [-0.39, 0.29) is 5.56 Å². The molecular weight excluding hydrogens is 319 g/mol. The molecular formula is C12H14BrFN2O3. The van der Waals surface area contributed by atoms with Gasteiger partial charge in [-0.1, -0.05) is 22.9 Å². The Kier molecular flexibility index (Phi) is 4.99. The fourth-order valence-electron chi connectivity index (χ4n) is 1.41. The molecule has 0 fully saturated rings. The normalized spacial score (nSPS) is 13.7. The summed E-state index contributed by atoms with van der Waals surface area (Å²) in [7, 11) is 0. The van der Waals surface area contributed by atoms with Gasteiger partial charge in [-0.15, -0.1) is 0 Å². The second kappa shape index (κ2) is 6.10. The summed E-state index contributed by atoms with van der Waals surface area (Å²) < 4.78 is 13.2. The van der Waals surface area contributed by atoms with Gasteiger partial charge in [-0.05, 0) is 25.5 Å². The van der Waals surface area contributed by atoms with Gasteiger partial charge in [-0.25, -0.2) is 4.39 Å². The molecule has 7 heteroatoms. The average Bonchev–Trinajstić information content (AvgIpc) is 2.38. The minimum Gasteiger partial charge on any atom is -0.346 e. The Bertz CT molecular complexity index is 504. The van der Waals surface area contributed by atoms with E-state index in [1.54, 1.807) is 6.92 Å². The van der Waals surface area contributed by atoms with Crippen LogP contribution in [0.25, 0.3) is 0 Å². The number of hydrogen-bond acceptors (Lipinski definition) is 3. The van der Waals surface area contributed by atoms with Gasteiger partial charge in [0, 0.05) is 16.9 Å². The summed E-state index contributed by atoms with van der Waals surface area (Å²) in [6, 6.07) is 2.82. The highest BCUT2D eigenvalue weighted by atomic mass is 79.9. The third-order valence-electron chi connectivity index (χ3n) is 2.89. The number of alkyl halides is 1. The smallest absolute Gasteiger partial charge is 0.282 e. The van der Waals surface area contributed by atoms with Crippen LogP contribution in [0.2, 0.25) is 0 Å². The lowest BCUT2D eigenvalue weighted by Gasteiger charge is -2.27. The minimum atomic E-state index is -0.703. The van der Waals surface area contributed by atoms with Crippen molar-refractivity contribution < 1.29 is 14.1 Å². The number of halogens is 2. The maximum absolute atomic E-state index is 13.2. The Hall–Kier alpha value is -1.50. The summed E-state index contributed by atoms with van der Waals surface area (Å²) in [6.45, 7) is 3.67. The number of nitro groups is 1. The monoisotopic (exact) mass is 332 g/mol. The average molecular weight is 333 g/mol. The van der Waals surface area contributed by atoms with Crippen molar-refractivity contribution in [1.29, 1.82) is 0 Å². The summed E-state index contributed by atoms with van der Waals surface area (Å²) in [6.07, 6.45) is 0.632. The number of nitrogens with zero attached hydrogens (tertiary/aromatic N) is 1. The van der Waals surface area contributed by atoms with Crippen LogP contribution in [-0.4, -0.2) is 21.7 Å². The van der Waals surface area contributed by atoms with Crippen LogP contribution >= 0.6 is 15.9 Å². The van der Waals surface area contributed by atoms with E-state index in [2.05, 4.69) is 21.2 Å². The third kappa shape index (κ3) is 3.73. The number of nitrogens with one attached hydrogen (secondary N) is 1. The molecule has 0 saturated heterocycles. The van der Waals surface area contributed by atoms with Crippen LogP contribution in [0.15, 0.2) is 18.2 Å². The summed E-state index contributed by atoms with van der Waals surface area (Å²) in [5, 5.41) is 14.0. The van der Waals surface area contributed by atoms with Crippen molar-refractivity contribution in [3.8, 4) is 0 Å². The summed E-state index contributed by atoms with van der Waals surface area (Å²) in [5.74, 6) is -1.34. The molecule has 1 atom stereocenters. The van der Waals surface area contributed by atoms with Crippen molar-refractivity contribution in [3.05, 3.63) is 39.7 Å². The molecule has 1 unspecified atom stereocenters. The first-order valence-electron chi connectivity index (χ1n) is 5.65. The Morgan fingerprint density at radius 2 is 2.21 bits per heavy atom. The molecule has 104 valence electrons. The lowest BCUT2D eigenvalue weighted by molar-refractivity contribution is -0.385. The van der Waals surface area contributed by atoms with Gasteiger partial charge >= 0.3 is 0 Å². The fourth-order valence-corrected chi connectivity index (χ4v) is 1.94. The van der Waals surface area contributed by atoms with Gasteiger partial charge in [-0.3, -0.25) is 14.9 Å². The van der Waals surface area contributed by atoms with E-state index in [0.717, 1.165) is 18.2 Å². The van der Waals surface area contributed by atoms with Crippen LogP contribution in [0.4, 0.5) is 10.1 Å². The third-order valence-corrected chi connectivity index (χ3v) is 4.13. The molecule has 0 bridgehead atoms. The molecule has 1 aromatic carbocycles. The molecule has 1 N–H and O–H groups in total. The van der Waals surface area contributed by atoms with Crippen molar-refractivity contribution in [1.82, 2.24) is 5.32 Å². The minimum absolute atomic E-state index is 0.273. The SMILES string of the molecule is CCC(C)(CBr)NC(=O)c1cc(F)ccc1[N+](=O)[O-]. The lowest BCUT2D eigenvalue weighted by atomic mass is 10.0. The molecule has 0 aliphatic heterocycles. The Balaban J connectivity index is 3.12. The molecule has 1 rings (SSSR count).